The third-order valence-corrected chi connectivity index (χ3v) is 5.83. The molecular weight excluding hydrogens is 458 g/mol. The molecule has 1 heterocycles. The van der Waals surface area contributed by atoms with E-state index in [1.807, 2.05) is 0 Å². The number of imide groups is 1. The molecule has 0 saturated carbocycles. The first-order valence-electron chi connectivity index (χ1n) is 10.4. The molecule has 1 aliphatic heterocycles. The summed E-state index contributed by atoms with van der Waals surface area (Å²) in [5.74, 6) is 0.111. The third kappa shape index (κ3) is 4.27. The topological polar surface area (TPSA) is 97.0 Å². The SMILES string of the molecule is COc1ccc(C2(c3ccc(OC)cc3)NC(=O)N(CC(=O)Nc3ccc(Cl)cc3)C2=O)cc1. The van der Waals surface area contributed by atoms with Gasteiger partial charge in [0.15, 0.2) is 5.54 Å². The van der Waals surface area contributed by atoms with Crippen molar-refractivity contribution in [3.63, 3.8) is 0 Å². The number of ether oxygens (including phenoxy) is 2. The van der Waals surface area contributed by atoms with E-state index < -0.39 is 29.9 Å². The molecule has 0 atom stereocenters. The van der Waals surface area contributed by atoms with Gasteiger partial charge in [-0.25, -0.2) is 4.79 Å². The highest BCUT2D eigenvalue weighted by Gasteiger charge is 2.54. The van der Waals surface area contributed by atoms with E-state index >= 15 is 0 Å². The molecule has 1 aliphatic rings. The highest BCUT2D eigenvalue weighted by atomic mass is 35.5. The van der Waals surface area contributed by atoms with E-state index in [1.54, 1.807) is 72.8 Å². The Labute approximate surface area is 201 Å². The number of methoxy groups -OCH3 is 2. The molecule has 3 aromatic rings. The summed E-state index contributed by atoms with van der Waals surface area (Å²) >= 11 is 5.88. The number of nitrogens with zero attached hydrogens (tertiary/aromatic N) is 1. The van der Waals surface area contributed by atoms with Gasteiger partial charge in [-0.3, -0.25) is 14.5 Å². The molecule has 0 aromatic heterocycles. The Morgan fingerprint density at radius 1 is 0.882 bits per heavy atom. The van der Waals surface area contributed by atoms with Gasteiger partial charge in [0.1, 0.15) is 18.0 Å². The maximum Gasteiger partial charge on any atom is 0.326 e. The average Bonchev–Trinajstić information content (AvgIpc) is 3.11. The van der Waals surface area contributed by atoms with Gasteiger partial charge >= 0.3 is 6.03 Å². The minimum Gasteiger partial charge on any atom is -0.497 e. The van der Waals surface area contributed by atoms with Gasteiger partial charge in [-0.1, -0.05) is 35.9 Å². The summed E-state index contributed by atoms with van der Waals surface area (Å²) in [7, 11) is 3.08. The standard InChI is InChI=1S/C25H22ClN3O5/c1-33-20-11-3-16(4-12-20)25(17-5-13-21(34-2)14-6-17)23(31)29(24(32)28-25)15-22(30)27-19-9-7-18(26)8-10-19/h3-14H,15H2,1-2H3,(H,27,30)(H,28,32). The maximum absolute atomic E-state index is 13.8. The highest BCUT2D eigenvalue weighted by molar-refractivity contribution is 6.30. The number of nitrogens with one attached hydrogen (secondary N) is 2. The van der Waals surface area contributed by atoms with Gasteiger partial charge in [-0.05, 0) is 59.7 Å². The molecule has 0 radical (unpaired) electrons. The van der Waals surface area contributed by atoms with Crippen LogP contribution in [0.1, 0.15) is 11.1 Å². The van der Waals surface area contributed by atoms with E-state index in [-0.39, 0.29) is 0 Å². The summed E-state index contributed by atoms with van der Waals surface area (Å²) in [5.41, 5.74) is 0.0313. The van der Waals surface area contributed by atoms with Crippen LogP contribution in [0.5, 0.6) is 11.5 Å². The van der Waals surface area contributed by atoms with Crippen molar-refractivity contribution in [3.05, 3.63) is 88.9 Å². The Kier molecular flexibility index (Phi) is 6.43. The van der Waals surface area contributed by atoms with E-state index in [0.717, 1.165) is 4.90 Å². The third-order valence-electron chi connectivity index (χ3n) is 5.58. The Balaban J connectivity index is 1.67. The molecule has 0 aliphatic carbocycles. The first-order chi connectivity index (χ1) is 16.4. The fourth-order valence-electron chi connectivity index (χ4n) is 3.84. The zero-order chi connectivity index (χ0) is 24.3. The predicted molar refractivity (Wildman–Crippen MR) is 127 cm³/mol. The van der Waals surface area contributed by atoms with Crippen LogP contribution in [0.25, 0.3) is 0 Å². The van der Waals surface area contributed by atoms with E-state index in [9.17, 15) is 14.4 Å². The van der Waals surface area contributed by atoms with Gasteiger partial charge in [0.05, 0.1) is 14.2 Å². The molecule has 4 rings (SSSR count). The fourth-order valence-corrected chi connectivity index (χ4v) is 3.96. The van der Waals surface area contributed by atoms with Gasteiger partial charge < -0.3 is 20.1 Å². The molecule has 9 heteroatoms. The van der Waals surface area contributed by atoms with E-state index in [2.05, 4.69) is 10.6 Å². The van der Waals surface area contributed by atoms with Crippen LogP contribution in [-0.2, 0) is 15.1 Å². The number of carbonyl (C=O) groups is 3. The van der Waals surface area contributed by atoms with Crippen molar-refractivity contribution in [1.29, 1.82) is 0 Å². The monoisotopic (exact) mass is 479 g/mol. The molecule has 4 amide bonds. The second-order valence-electron chi connectivity index (χ2n) is 7.58. The Morgan fingerprint density at radius 3 is 1.85 bits per heavy atom. The lowest BCUT2D eigenvalue weighted by Crippen LogP contribution is -2.45. The number of benzene rings is 3. The number of hydrogen-bond acceptors (Lipinski definition) is 5. The predicted octanol–water partition coefficient (Wildman–Crippen LogP) is 3.79. The van der Waals surface area contributed by atoms with E-state index in [1.165, 1.54) is 14.2 Å². The molecule has 174 valence electrons. The maximum atomic E-state index is 13.8. The van der Waals surface area contributed by atoms with Crippen molar-refractivity contribution in [2.75, 3.05) is 26.1 Å². The Morgan fingerprint density at radius 2 is 1.38 bits per heavy atom. The van der Waals surface area contributed by atoms with Crippen LogP contribution in [0.3, 0.4) is 0 Å². The number of anilines is 1. The lowest BCUT2D eigenvalue weighted by atomic mass is 9.82. The second-order valence-corrected chi connectivity index (χ2v) is 8.02. The molecule has 0 unspecified atom stereocenters. The molecule has 1 fully saturated rings. The Hall–Kier alpha value is -4.04. The van der Waals surface area contributed by atoms with E-state index in [0.29, 0.717) is 33.3 Å². The minimum absolute atomic E-state index is 0.457. The van der Waals surface area contributed by atoms with Gasteiger partial charge in [-0.2, -0.15) is 0 Å². The van der Waals surface area contributed by atoms with Crippen molar-refractivity contribution < 1.29 is 23.9 Å². The molecular formula is C25H22ClN3O5. The molecule has 0 bridgehead atoms. The summed E-state index contributed by atoms with van der Waals surface area (Å²) in [4.78, 5) is 40.3. The van der Waals surface area contributed by atoms with Crippen molar-refractivity contribution in [3.8, 4) is 11.5 Å². The van der Waals surface area contributed by atoms with Gasteiger partial charge in [-0.15, -0.1) is 0 Å². The minimum atomic E-state index is -1.52. The van der Waals surface area contributed by atoms with Crippen molar-refractivity contribution >= 4 is 35.1 Å². The summed E-state index contributed by atoms with van der Waals surface area (Å²) in [6.45, 7) is -0.457. The molecule has 34 heavy (non-hydrogen) atoms. The summed E-state index contributed by atoms with van der Waals surface area (Å²) in [6, 6.07) is 19.5. The van der Waals surface area contributed by atoms with Gasteiger partial charge in [0.2, 0.25) is 5.91 Å². The molecule has 2 N–H and O–H groups in total. The summed E-state index contributed by atoms with van der Waals surface area (Å²) < 4.78 is 10.5. The smallest absolute Gasteiger partial charge is 0.326 e. The molecule has 8 nitrogen and oxygen atoms in total. The first-order valence-corrected chi connectivity index (χ1v) is 10.7. The zero-order valence-corrected chi connectivity index (χ0v) is 19.3. The van der Waals surface area contributed by atoms with Crippen molar-refractivity contribution in [2.24, 2.45) is 0 Å². The van der Waals surface area contributed by atoms with E-state index in [4.69, 9.17) is 21.1 Å². The van der Waals surface area contributed by atoms with Gasteiger partial charge in [0, 0.05) is 10.7 Å². The number of amides is 4. The lowest BCUT2D eigenvalue weighted by Gasteiger charge is -2.28. The van der Waals surface area contributed by atoms with Gasteiger partial charge in [0.25, 0.3) is 5.91 Å². The number of rotatable bonds is 7. The largest absolute Gasteiger partial charge is 0.497 e. The van der Waals surface area contributed by atoms with Crippen LogP contribution in [0.4, 0.5) is 10.5 Å². The fraction of sp³-hybridized carbons (Fsp3) is 0.160. The number of hydrogen-bond donors (Lipinski definition) is 2. The highest BCUT2D eigenvalue weighted by Crippen LogP contribution is 2.37. The van der Waals surface area contributed by atoms with Crippen LogP contribution in [0.15, 0.2) is 72.8 Å². The zero-order valence-electron chi connectivity index (χ0n) is 18.5. The van der Waals surface area contributed by atoms with Crippen LogP contribution >= 0.6 is 11.6 Å². The summed E-state index contributed by atoms with van der Waals surface area (Å²) in [6.07, 6.45) is 0. The van der Waals surface area contributed by atoms with Crippen LogP contribution in [0.2, 0.25) is 5.02 Å². The van der Waals surface area contributed by atoms with Crippen LogP contribution < -0.4 is 20.1 Å². The second kappa shape index (κ2) is 9.44. The quantitative estimate of drug-likeness (QED) is 0.502. The summed E-state index contributed by atoms with van der Waals surface area (Å²) in [5, 5.41) is 6.00. The molecule has 3 aromatic carbocycles. The normalized spacial score (nSPS) is 14.5. The number of carbonyl (C=O) groups excluding carboxylic acids is 3. The van der Waals surface area contributed by atoms with Crippen molar-refractivity contribution in [1.82, 2.24) is 10.2 Å². The number of halogens is 1. The number of urea groups is 1. The van der Waals surface area contributed by atoms with Crippen LogP contribution in [-0.4, -0.2) is 43.5 Å². The van der Waals surface area contributed by atoms with Crippen LogP contribution in [0, 0.1) is 0 Å². The molecule has 0 spiro atoms. The lowest BCUT2D eigenvalue weighted by molar-refractivity contribution is -0.133. The Bertz CT molecular complexity index is 1160. The molecule has 1 saturated heterocycles. The first kappa shape index (κ1) is 23.1. The van der Waals surface area contributed by atoms with Crippen molar-refractivity contribution in [2.45, 2.75) is 5.54 Å². The average molecular weight is 480 g/mol.